The number of esters is 2. The maximum Gasteiger partial charge on any atom is 0.312 e. The highest BCUT2D eigenvalue weighted by Crippen LogP contribution is 2.64. The lowest BCUT2D eigenvalue weighted by Crippen LogP contribution is -2.33. The smallest absolute Gasteiger partial charge is 0.312 e. The van der Waals surface area contributed by atoms with Gasteiger partial charge < -0.3 is 14.6 Å². The Balaban J connectivity index is 2.05. The van der Waals surface area contributed by atoms with Crippen molar-refractivity contribution in [1.29, 1.82) is 0 Å². The van der Waals surface area contributed by atoms with Crippen LogP contribution in [0, 0.1) is 17.8 Å². The molecule has 0 bridgehead atoms. The predicted molar refractivity (Wildman–Crippen MR) is 57.9 cm³/mol. The molecule has 0 heterocycles. The number of fused-ring (bicyclic) bond motifs is 1. The zero-order chi connectivity index (χ0) is 12.6. The van der Waals surface area contributed by atoms with Crippen molar-refractivity contribution >= 4 is 11.9 Å². The number of rotatable bonds is 4. The van der Waals surface area contributed by atoms with E-state index in [1.807, 2.05) is 0 Å². The summed E-state index contributed by atoms with van der Waals surface area (Å²) >= 11 is 0. The third-order valence-electron chi connectivity index (χ3n) is 3.82. The summed E-state index contributed by atoms with van der Waals surface area (Å²) in [6.07, 6.45) is 1.28. The number of aliphatic hydroxyl groups is 1. The maximum atomic E-state index is 11.7. The largest absolute Gasteiger partial charge is 0.466 e. The Morgan fingerprint density at radius 1 is 1.18 bits per heavy atom. The number of hydrogen-bond acceptors (Lipinski definition) is 5. The van der Waals surface area contributed by atoms with Crippen molar-refractivity contribution in [2.45, 2.75) is 32.3 Å². The standard InChI is InChI=1S/C12H18O5/c1-3-16-10(13)8-6-5-7-9(12(7,8)15)11(14)17-4-2/h7-9,15H,3-6H2,1-2H3. The molecule has 0 aromatic carbocycles. The first-order valence-electron chi connectivity index (χ1n) is 6.12. The van der Waals surface area contributed by atoms with Gasteiger partial charge in [0, 0.05) is 5.92 Å². The molecular weight excluding hydrogens is 224 g/mol. The second-order valence-electron chi connectivity index (χ2n) is 4.61. The van der Waals surface area contributed by atoms with E-state index in [0.717, 1.165) is 0 Å². The minimum absolute atomic E-state index is 0.129. The lowest BCUT2D eigenvalue weighted by Gasteiger charge is -2.18. The average Bonchev–Trinajstić information content (AvgIpc) is 2.72. The van der Waals surface area contributed by atoms with Gasteiger partial charge in [0.25, 0.3) is 0 Å². The first-order valence-corrected chi connectivity index (χ1v) is 6.12. The normalized spacial score (nSPS) is 38.4. The third kappa shape index (κ3) is 1.73. The van der Waals surface area contributed by atoms with Gasteiger partial charge in [-0.2, -0.15) is 0 Å². The molecular formula is C12H18O5. The Hall–Kier alpha value is -1.10. The second-order valence-corrected chi connectivity index (χ2v) is 4.61. The molecule has 2 aliphatic rings. The highest BCUT2D eigenvalue weighted by molar-refractivity contribution is 5.84. The number of hydrogen-bond donors (Lipinski definition) is 1. The third-order valence-corrected chi connectivity index (χ3v) is 3.82. The van der Waals surface area contributed by atoms with Crippen LogP contribution in [0.1, 0.15) is 26.7 Å². The van der Waals surface area contributed by atoms with Gasteiger partial charge in [-0.15, -0.1) is 0 Å². The summed E-state index contributed by atoms with van der Waals surface area (Å²) in [4.78, 5) is 23.3. The van der Waals surface area contributed by atoms with E-state index >= 15 is 0 Å². The molecule has 2 rings (SSSR count). The molecule has 0 amide bonds. The molecule has 4 atom stereocenters. The summed E-state index contributed by atoms with van der Waals surface area (Å²) in [5.74, 6) is -2.03. The SMILES string of the molecule is CCOC(=O)C1CCC2C(C(=O)OCC)C12O. The van der Waals surface area contributed by atoms with Gasteiger partial charge in [0.05, 0.1) is 30.7 Å². The fourth-order valence-corrected chi connectivity index (χ4v) is 3.05. The first-order chi connectivity index (χ1) is 8.07. The van der Waals surface area contributed by atoms with Crippen LogP contribution in [0.4, 0.5) is 0 Å². The van der Waals surface area contributed by atoms with Crippen LogP contribution in [0.25, 0.3) is 0 Å². The Kier molecular flexibility index (Phi) is 3.12. The van der Waals surface area contributed by atoms with E-state index in [4.69, 9.17) is 9.47 Å². The topological polar surface area (TPSA) is 72.8 Å². The van der Waals surface area contributed by atoms with Gasteiger partial charge in [-0.25, -0.2) is 0 Å². The van der Waals surface area contributed by atoms with E-state index in [1.54, 1.807) is 13.8 Å². The Bertz CT molecular complexity index is 340. The summed E-state index contributed by atoms with van der Waals surface area (Å²) in [5.41, 5.74) is -1.21. The van der Waals surface area contributed by atoms with Gasteiger partial charge in [-0.1, -0.05) is 0 Å². The fraction of sp³-hybridized carbons (Fsp3) is 0.833. The molecule has 0 aliphatic heterocycles. The predicted octanol–water partition coefficient (Wildman–Crippen LogP) is 0.500. The Labute approximate surface area is 100 Å². The molecule has 17 heavy (non-hydrogen) atoms. The molecule has 1 N–H and O–H groups in total. The van der Waals surface area contributed by atoms with Crippen molar-refractivity contribution in [2.24, 2.45) is 17.8 Å². The van der Waals surface area contributed by atoms with Crippen LogP contribution in [0.3, 0.4) is 0 Å². The van der Waals surface area contributed by atoms with Crippen LogP contribution in [-0.2, 0) is 19.1 Å². The van der Waals surface area contributed by atoms with Gasteiger partial charge in [-0.3, -0.25) is 9.59 Å². The Morgan fingerprint density at radius 2 is 1.76 bits per heavy atom. The number of carbonyl (C=O) groups excluding carboxylic acids is 2. The minimum atomic E-state index is -1.21. The van der Waals surface area contributed by atoms with Crippen LogP contribution in [-0.4, -0.2) is 35.9 Å². The van der Waals surface area contributed by atoms with Gasteiger partial charge in [0.1, 0.15) is 0 Å². The van der Waals surface area contributed by atoms with Crippen LogP contribution in [0.2, 0.25) is 0 Å². The van der Waals surface area contributed by atoms with E-state index in [1.165, 1.54) is 0 Å². The lowest BCUT2D eigenvalue weighted by molar-refractivity contribution is -0.155. The van der Waals surface area contributed by atoms with Crippen molar-refractivity contribution in [2.75, 3.05) is 13.2 Å². The second kappa shape index (κ2) is 4.29. The van der Waals surface area contributed by atoms with E-state index < -0.39 is 29.4 Å². The molecule has 2 saturated carbocycles. The quantitative estimate of drug-likeness (QED) is 0.727. The van der Waals surface area contributed by atoms with Crippen molar-refractivity contribution in [1.82, 2.24) is 0 Å². The molecule has 2 aliphatic carbocycles. The van der Waals surface area contributed by atoms with E-state index in [9.17, 15) is 14.7 Å². The molecule has 0 aromatic rings. The molecule has 5 nitrogen and oxygen atoms in total. The number of ether oxygens (including phenoxy) is 2. The monoisotopic (exact) mass is 242 g/mol. The van der Waals surface area contributed by atoms with E-state index in [-0.39, 0.29) is 5.92 Å². The fourth-order valence-electron chi connectivity index (χ4n) is 3.05. The lowest BCUT2D eigenvalue weighted by atomic mass is 9.97. The molecule has 0 aromatic heterocycles. The zero-order valence-electron chi connectivity index (χ0n) is 10.1. The highest BCUT2D eigenvalue weighted by Gasteiger charge is 2.76. The van der Waals surface area contributed by atoms with Crippen LogP contribution < -0.4 is 0 Å². The molecule has 5 heteroatoms. The first kappa shape index (κ1) is 12.4. The molecule has 0 saturated heterocycles. The van der Waals surface area contributed by atoms with Crippen LogP contribution >= 0.6 is 0 Å². The molecule has 0 radical (unpaired) electrons. The Morgan fingerprint density at radius 3 is 2.35 bits per heavy atom. The van der Waals surface area contributed by atoms with Gasteiger partial charge in [-0.05, 0) is 26.7 Å². The summed E-state index contributed by atoms with van der Waals surface area (Å²) < 4.78 is 9.83. The molecule has 2 fully saturated rings. The van der Waals surface area contributed by atoms with Crippen LogP contribution in [0.15, 0.2) is 0 Å². The molecule has 96 valence electrons. The molecule has 4 unspecified atom stereocenters. The zero-order valence-corrected chi connectivity index (χ0v) is 10.1. The maximum absolute atomic E-state index is 11.7. The highest BCUT2D eigenvalue weighted by atomic mass is 16.5. The van der Waals surface area contributed by atoms with Crippen molar-refractivity contribution in [3.63, 3.8) is 0 Å². The average molecular weight is 242 g/mol. The summed E-state index contributed by atoms with van der Waals surface area (Å²) in [6.45, 7) is 4.04. The van der Waals surface area contributed by atoms with Gasteiger partial charge in [0.15, 0.2) is 0 Å². The number of carbonyl (C=O) groups is 2. The van der Waals surface area contributed by atoms with E-state index in [0.29, 0.717) is 26.1 Å². The van der Waals surface area contributed by atoms with Gasteiger partial charge in [0.2, 0.25) is 0 Å². The summed E-state index contributed by atoms with van der Waals surface area (Å²) in [6, 6.07) is 0. The van der Waals surface area contributed by atoms with Crippen molar-refractivity contribution in [3.8, 4) is 0 Å². The summed E-state index contributed by atoms with van der Waals surface area (Å²) in [7, 11) is 0. The van der Waals surface area contributed by atoms with Crippen LogP contribution in [0.5, 0.6) is 0 Å². The van der Waals surface area contributed by atoms with Crippen molar-refractivity contribution in [3.05, 3.63) is 0 Å². The summed E-state index contributed by atoms with van der Waals surface area (Å²) in [5, 5.41) is 10.4. The van der Waals surface area contributed by atoms with E-state index in [2.05, 4.69) is 0 Å². The molecule has 0 spiro atoms. The van der Waals surface area contributed by atoms with Crippen molar-refractivity contribution < 1.29 is 24.2 Å². The van der Waals surface area contributed by atoms with Gasteiger partial charge >= 0.3 is 11.9 Å². The minimum Gasteiger partial charge on any atom is -0.466 e.